The van der Waals surface area contributed by atoms with Gasteiger partial charge in [0.1, 0.15) is 0 Å². The van der Waals surface area contributed by atoms with Crippen LogP contribution in [0.4, 0.5) is 4.79 Å². The normalized spacial score (nSPS) is 20.2. The zero-order valence-electron chi connectivity index (χ0n) is 17.2. The van der Waals surface area contributed by atoms with E-state index in [0.29, 0.717) is 13.1 Å². The molecule has 2 saturated heterocycles. The van der Waals surface area contributed by atoms with Gasteiger partial charge in [0.25, 0.3) is 0 Å². The molecule has 0 radical (unpaired) electrons. The molecule has 7 nitrogen and oxygen atoms in total. The predicted molar refractivity (Wildman–Crippen MR) is 117 cm³/mol. The summed E-state index contributed by atoms with van der Waals surface area (Å²) in [4.78, 5) is 37.3. The molecule has 0 saturated carbocycles. The number of pyridine rings is 1. The molecule has 1 N–H and O–H groups in total. The minimum absolute atomic E-state index is 0.0684. The molecular weight excluding hydrogens is 398 g/mol. The van der Waals surface area contributed by atoms with Crippen LogP contribution in [-0.2, 0) is 17.9 Å². The van der Waals surface area contributed by atoms with Gasteiger partial charge in [0, 0.05) is 56.9 Å². The van der Waals surface area contributed by atoms with Gasteiger partial charge < -0.3 is 15.1 Å². The maximum absolute atomic E-state index is 13.1. The first-order chi connectivity index (χ1) is 14.7. The Bertz CT molecular complexity index is 821. The number of thiophene rings is 1. The molecule has 2 fully saturated rings. The van der Waals surface area contributed by atoms with Gasteiger partial charge in [-0.15, -0.1) is 11.3 Å². The minimum Gasteiger partial charge on any atom is -0.340 e. The van der Waals surface area contributed by atoms with Crippen molar-refractivity contribution in [2.45, 2.75) is 25.9 Å². The van der Waals surface area contributed by atoms with E-state index in [1.54, 1.807) is 16.2 Å². The Balaban J connectivity index is 1.23. The van der Waals surface area contributed by atoms with E-state index >= 15 is 0 Å². The van der Waals surface area contributed by atoms with Gasteiger partial charge in [-0.2, -0.15) is 0 Å². The molecule has 2 aliphatic heterocycles. The summed E-state index contributed by atoms with van der Waals surface area (Å²) < 4.78 is 0. The average Bonchev–Trinajstić information content (AvgIpc) is 3.32. The van der Waals surface area contributed by atoms with Gasteiger partial charge >= 0.3 is 6.03 Å². The molecule has 2 aromatic rings. The van der Waals surface area contributed by atoms with Gasteiger partial charge in [-0.05, 0) is 36.4 Å². The first kappa shape index (κ1) is 20.8. The van der Waals surface area contributed by atoms with Crippen molar-refractivity contribution >= 4 is 23.3 Å². The Morgan fingerprint density at radius 2 is 1.93 bits per heavy atom. The molecule has 3 amide bonds. The Kier molecular flexibility index (Phi) is 6.96. The predicted octanol–water partition coefficient (Wildman–Crippen LogP) is 2.41. The summed E-state index contributed by atoms with van der Waals surface area (Å²) >= 11 is 1.63. The molecule has 0 bridgehead atoms. The average molecular weight is 428 g/mol. The zero-order chi connectivity index (χ0) is 20.8. The fourth-order valence-electron chi connectivity index (χ4n) is 4.16. The molecule has 160 valence electrons. The number of likely N-dealkylation sites (tertiary alicyclic amines) is 1. The number of urea groups is 1. The summed E-state index contributed by atoms with van der Waals surface area (Å²) in [5.74, 6) is 0.108. The number of nitrogens with zero attached hydrogens (tertiary/aromatic N) is 4. The lowest BCUT2D eigenvalue weighted by Crippen LogP contribution is -2.53. The molecule has 0 spiro atoms. The van der Waals surface area contributed by atoms with Crippen molar-refractivity contribution in [2.24, 2.45) is 5.92 Å². The standard InChI is InChI=1S/C22H29N5O2S/c28-21(26-12-10-25(11-13-26)17-19-6-1-2-8-23-19)18-5-3-9-27(16-18)22(29)24-15-20-7-4-14-30-20/h1-2,4,6-8,14,18H,3,5,9-13,15-17H2,(H,24,29). The Hall–Kier alpha value is -2.45. The second kappa shape index (κ2) is 10.0. The van der Waals surface area contributed by atoms with Gasteiger partial charge in [0.15, 0.2) is 0 Å². The molecular formula is C22H29N5O2S. The number of piperazine rings is 1. The number of hydrogen-bond donors (Lipinski definition) is 1. The van der Waals surface area contributed by atoms with E-state index in [1.807, 2.05) is 46.8 Å². The highest BCUT2D eigenvalue weighted by atomic mass is 32.1. The lowest BCUT2D eigenvalue weighted by molar-refractivity contribution is -0.138. The summed E-state index contributed by atoms with van der Waals surface area (Å²) in [5.41, 5.74) is 1.06. The third kappa shape index (κ3) is 5.37. The Morgan fingerprint density at radius 1 is 1.07 bits per heavy atom. The monoisotopic (exact) mass is 427 g/mol. The van der Waals surface area contributed by atoms with E-state index < -0.39 is 0 Å². The number of rotatable bonds is 5. The van der Waals surface area contributed by atoms with Crippen LogP contribution >= 0.6 is 11.3 Å². The van der Waals surface area contributed by atoms with Crippen LogP contribution in [0.3, 0.4) is 0 Å². The van der Waals surface area contributed by atoms with E-state index in [0.717, 1.165) is 62.7 Å². The fourth-order valence-corrected chi connectivity index (χ4v) is 4.80. The van der Waals surface area contributed by atoms with Crippen molar-refractivity contribution in [3.05, 3.63) is 52.5 Å². The lowest BCUT2D eigenvalue weighted by Gasteiger charge is -2.39. The fraction of sp³-hybridized carbons (Fsp3) is 0.500. The van der Waals surface area contributed by atoms with Crippen LogP contribution in [-0.4, -0.2) is 70.9 Å². The second-order valence-electron chi connectivity index (χ2n) is 7.95. The molecule has 4 heterocycles. The first-order valence-corrected chi connectivity index (χ1v) is 11.5. The van der Waals surface area contributed by atoms with E-state index in [9.17, 15) is 9.59 Å². The second-order valence-corrected chi connectivity index (χ2v) is 8.98. The molecule has 4 rings (SSSR count). The first-order valence-electron chi connectivity index (χ1n) is 10.7. The largest absolute Gasteiger partial charge is 0.340 e. The summed E-state index contributed by atoms with van der Waals surface area (Å²) in [6, 6.07) is 9.90. The van der Waals surface area contributed by atoms with Crippen molar-refractivity contribution in [2.75, 3.05) is 39.3 Å². The summed E-state index contributed by atoms with van der Waals surface area (Å²) in [7, 11) is 0. The van der Waals surface area contributed by atoms with Gasteiger partial charge in [-0.1, -0.05) is 12.1 Å². The van der Waals surface area contributed by atoms with Crippen LogP contribution in [0.2, 0.25) is 0 Å². The van der Waals surface area contributed by atoms with E-state index in [2.05, 4.69) is 15.2 Å². The van der Waals surface area contributed by atoms with E-state index in [1.165, 1.54) is 0 Å². The quantitative estimate of drug-likeness (QED) is 0.796. The van der Waals surface area contributed by atoms with Gasteiger partial charge in [-0.25, -0.2) is 4.79 Å². The maximum Gasteiger partial charge on any atom is 0.317 e. The molecule has 2 aliphatic rings. The van der Waals surface area contributed by atoms with Crippen LogP contribution in [0, 0.1) is 5.92 Å². The Labute approximate surface area is 181 Å². The molecule has 0 aliphatic carbocycles. The number of carbonyl (C=O) groups is 2. The molecule has 0 aromatic carbocycles. The minimum atomic E-state index is -0.0893. The van der Waals surface area contributed by atoms with E-state index in [-0.39, 0.29) is 17.9 Å². The van der Waals surface area contributed by atoms with Crippen molar-refractivity contribution in [3.63, 3.8) is 0 Å². The number of nitrogens with one attached hydrogen (secondary N) is 1. The molecule has 8 heteroatoms. The SMILES string of the molecule is O=C(NCc1cccs1)N1CCCC(C(=O)N2CCN(Cc3ccccn3)CC2)C1. The zero-order valence-corrected chi connectivity index (χ0v) is 18.0. The van der Waals surface area contributed by atoms with Crippen LogP contribution in [0.25, 0.3) is 0 Å². The van der Waals surface area contributed by atoms with E-state index in [4.69, 9.17) is 0 Å². The van der Waals surface area contributed by atoms with Crippen LogP contribution < -0.4 is 5.32 Å². The summed E-state index contributed by atoms with van der Waals surface area (Å²) in [6.45, 7) is 5.81. The summed E-state index contributed by atoms with van der Waals surface area (Å²) in [6.07, 6.45) is 3.56. The number of hydrogen-bond acceptors (Lipinski definition) is 5. The maximum atomic E-state index is 13.1. The van der Waals surface area contributed by atoms with Crippen LogP contribution in [0.1, 0.15) is 23.4 Å². The molecule has 1 unspecified atom stereocenters. The number of aromatic nitrogens is 1. The van der Waals surface area contributed by atoms with Crippen LogP contribution in [0.15, 0.2) is 41.9 Å². The highest BCUT2D eigenvalue weighted by Gasteiger charge is 2.32. The number of piperidine rings is 1. The topological polar surface area (TPSA) is 68.8 Å². The lowest BCUT2D eigenvalue weighted by atomic mass is 9.96. The number of amides is 3. The van der Waals surface area contributed by atoms with Gasteiger partial charge in [0.2, 0.25) is 5.91 Å². The highest BCUT2D eigenvalue weighted by Crippen LogP contribution is 2.20. The third-order valence-corrected chi connectivity index (χ3v) is 6.72. The van der Waals surface area contributed by atoms with Crippen molar-refractivity contribution in [1.82, 2.24) is 25.0 Å². The van der Waals surface area contributed by atoms with Crippen molar-refractivity contribution < 1.29 is 9.59 Å². The smallest absolute Gasteiger partial charge is 0.317 e. The van der Waals surface area contributed by atoms with Crippen molar-refractivity contribution in [1.29, 1.82) is 0 Å². The van der Waals surface area contributed by atoms with Crippen LogP contribution in [0.5, 0.6) is 0 Å². The van der Waals surface area contributed by atoms with Gasteiger partial charge in [0.05, 0.1) is 18.2 Å². The molecule has 2 aromatic heterocycles. The Morgan fingerprint density at radius 3 is 2.67 bits per heavy atom. The molecule has 1 atom stereocenters. The molecule has 30 heavy (non-hydrogen) atoms. The third-order valence-electron chi connectivity index (χ3n) is 5.85. The highest BCUT2D eigenvalue weighted by molar-refractivity contribution is 7.09. The number of carbonyl (C=O) groups excluding carboxylic acids is 2. The van der Waals surface area contributed by atoms with Crippen molar-refractivity contribution in [3.8, 4) is 0 Å². The van der Waals surface area contributed by atoms with Gasteiger partial charge in [-0.3, -0.25) is 14.7 Å². The summed E-state index contributed by atoms with van der Waals surface area (Å²) in [5, 5.41) is 4.99.